The largest absolute Gasteiger partial charge is 0.302 e. The Bertz CT molecular complexity index is 822. The molecule has 1 aliphatic heterocycles. The third-order valence-corrected chi connectivity index (χ3v) is 5.48. The van der Waals surface area contributed by atoms with Gasteiger partial charge in [-0.25, -0.2) is 0 Å². The Hall–Kier alpha value is -2.46. The number of anilines is 2. The maximum atomic E-state index is 12.9. The molecule has 1 amide bonds. The molecule has 0 spiro atoms. The van der Waals surface area contributed by atoms with E-state index in [2.05, 4.69) is 23.2 Å². The fourth-order valence-electron chi connectivity index (χ4n) is 4.07. The van der Waals surface area contributed by atoms with Gasteiger partial charge >= 0.3 is 0 Å². The van der Waals surface area contributed by atoms with Crippen LogP contribution in [0.1, 0.15) is 55.6 Å². The second kappa shape index (κ2) is 7.42. The van der Waals surface area contributed by atoms with Crippen LogP contribution >= 0.6 is 0 Å². The van der Waals surface area contributed by atoms with Crippen LogP contribution in [0.2, 0.25) is 0 Å². The Labute approximate surface area is 154 Å². The average molecular weight is 347 g/mol. The van der Waals surface area contributed by atoms with Crippen LogP contribution in [0, 0.1) is 0 Å². The third kappa shape index (κ3) is 3.29. The number of aliphatic imine (C=N–C) groups is 1. The van der Waals surface area contributed by atoms with Crippen molar-refractivity contribution in [2.75, 3.05) is 4.90 Å². The monoisotopic (exact) mass is 347 g/mol. The lowest BCUT2D eigenvalue weighted by atomic mass is 9.91. The number of hydrogen-bond donors (Lipinski definition) is 1. The molecule has 1 aliphatic carbocycles. The number of para-hydroxylation sites is 1. The molecule has 0 aromatic heterocycles. The summed E-state index contributed by atoms with van der Waals surface area (Å²) in [6.07, 6.45) is 8.54. The van der Waals surface area contributed by atoms with Gasteiger partial charge in [0.1, 0.15) is 0 Å². The molecular formula is C22H25N3O. The SMILES string of the molecule is NC1N=Cc2ccccc2N(c2cccc(C3CCCCCC3)c2)C1=O. The summed E-state index contributed by atoms with van der Waals surface area (Å²) in [5.74, 6) is 0.393. The van der Waals surface area contributed by atoms with Crippen LogP contribution in [0.3, 0.4) is 0 Å². The Kier molecular flexibility index (Phi) is 4.85. The Balaban J connectivity index is 1.74. The number of amides is 1. The summed E-state index contributed by atoms with van der Waals surface area (Å²) in [5, 5.41) is 0. The molecule has 1 atom stereocenters. The van der Waals surface area contributed by atoms with Crippen molar-refractivity contribution in [2.45, 2.75) is 50.6 Å². The lowest BCUT2D eigenvalue weighted by Crippen LogP contribution is -2.39. The molecule has 2 aromatic carbocycles. The van der Waals surface area contributed by atoms with Gasteiger partial charge in [0.25, 0.3) is 5.91 Å². The standard InChI is InChI=1S/C22H25N3O/c23-21-22(26)25(20-13-6-5-10-18(20)15-24-21)19-12-7-11-17(14-19)16-8-3-1-2-4-9-16/h5-7,10-16,21H,1-4,8-9,23H2. The topological polar surface area (TPSA) is 58.7 Å². The van der Waals surface area contributed by atoms with Crippen molar-refractivity contribution in [3.05, 3.63) is 59.7 Å². The highest BCUT2D eigenvalue weighted by atomic mass is 16.2. The fraction of sp³-hybridized carbons (Fsp3) is 0.364. The van der Waals surface area contributed by atoms with Crippen molar-refractivity contribution in [2.24, 2.45) is 10.7 Å². The number of carbonyl (C=O) groups is 1. The van der Waals surface area contributed by atoms with Crippen LogP contribution in [0.25, 0.3) is 0 Å². The smallest absolute Gasteiger partial charge is 0.270 e. The number of benzodiazepines with no additional fused rings is 1. The van der Waals surface area contributed by atoms with Crippen molar-refractivity contribution in [3.63, 3.8) is 0 Å². The maximum absolute atomic E-state index is 12.9. The van der Waals surface area contributed by atoms with Gasteiger partial charge in [-0.3, -0.25) is 14.7 Å². The first kappa shape index (κ1) is 17.0. The summed E-state index contributed by atoms with van der Waals surface area (Å²) in [7, 11) is 0. The Morgan fingerprint density at radius 3 is 2.54 bits per heavy atom. The number of hydrogen-bond acceptors (Lipinski definition) is 3. The molecule has 4 heteroatoms. The highest BCUT2D eigenvalue weighted by Gasteiger charge is 2.28. The van der Waals surface area contributed by atoms with E-state index in [1.54, 1.807) is 11.1 Å². The third-order valence-electron chi connectivity index (χ3n) is 5.48. The number of carbonyl (C=O) groups excluding carboxylic acids is 1. The molecule has 4 rings (SSSR count). The number of fused-ring (bicyclic) bond motifs is 1. The summed E-state index contributed by atoms with van der Waals surface area (Å²) >= 11 is 0. The van der Waals surface area contributed by atoms with Crippen LogP contribution in [-0.2, 0) is 4.79 Å². The molecule has 26 heavy (non-hydrogen) atoms. The van der Waals surface area contributed by atoms with E-state index < -0.39 is 6.17 Å². The van der Waals surface area contributed by atoms with Gasteiger partial charge < -0.3 is 5.73 Å². The van der Waals surface area contributed by atoms with Gasteiger partial charge in [-0.05, 0) is 42.5 Å². The van der Waals surface area contributed by atoms with Crippen LogP contribution in [0.5, 0.6) is 0 Å². The number of rotatable bonds is 2. The highest BCUT2D eigenvalue weighted by Crippen LogP contribution is 2.36. The fourth-order valence-corrected chi connectivity index (χ4v) is 4.07. The Morgan fingerprint density at radius 2 is 1.73 bits per heavy atom. The van der Waals surface area contributed by atoms with E-state index in [0.717, 1.165) is 16.9 Å². The van der Waals surface area contributed by atoms with Crippen molar-refractivity contribution in [1.29, 1.82) is 0 Å². The molecule has 0 radical (unpaired) electrons. The molecular weight excluding hydrogens is 322 g/mol. The van der Waals surface area contributed by atoms with E-state index in [0.29, 0.717) is 5.92 Å². The minimum atomic E-state index is -0.871. The van der Waals surface area contributed by atoms with E-state index in [-0.39, 0.29) is 5.91 Å². The molecule has 1 unspecified atom stereocenters. The number of nitrogens with zero attached hydrogens (tertiary/aromatic N) is 2. The van der Waals surface area contributed by atoms with E-state index in [1.807, 2.05) is 30.3 Å². The predicted molar refractivity (Wildman–Crippen MR) is 106 cm³/mol. The molecule has 134 valence electrons. The summed E-state index contributed by atoms with van der Waals surface area (Å²) < 4.78 is 0. The van der Waals surface area contributed by atoms with Crippen molar-refractivity contribution >= 4 is 23.5 Å². The molecule has 0 saturated heterocycles. The van der Waals surface area contributed by atoms with Crippen LogP contribution < -0.4 is 10.6 Å². The van der Waals surface area contributed by atoms with Crippen molar-refractivity contribution in [1.82, 2.24) is 0 Å². The zero-order valence-electron chi connectivity index (χ0n) is 15.0. The van der Waals surface area contributed by atoms with E-state index in [1.165, 1.54) is 44.1 Å². The van der Waals surface area contributed by atoms with Crippen LogP contribution in [-0.4, -0.2) is 18.3 Å². The van der Waals surface area contributed by atoms with Gasteiger partial charge in [-0.1, -0.05) is 56.0 Å². The summed E-state index contributed by atoms with van der Waals surface area (Å²) in [6.45, 7) is 0. The average Bonchev–Trinajstić information content (AvgIpc) is 3.02. The zero-order chi connectivity index (χ0) is 17.9. The van der Waals surface area contributed by atoms with Crippen LogP contribution in [0.15, 0.2) is 53.5 Å². The molecule has 1 heterocycles. The first-order valence-electron chi connectivity index (χ1n) is 9.56. The molecule has 1 fully saturated rings. The zero-order valence-corrected chi connectivity index (χ0v) is 15.0. The minimum absolute atomic E-state index is 0.191. The molecule has 4 nitrogen and oxygen atoms in total. The predicted octanol–water partition coefficient (Wildman–Crippen LogP) is 4.51. The van der Waals surface area contributed by atoms with Gasteiger partial charge in [0, 0.05) is 17.5 Å². The quantitative estimate of drug-likeness (QED) is 0.813. The lowest BCUT2D eigenvalue weighted by molar-refractivity contribution is -0.118. The maximum Gasteiger partial charge on any atom is 0.270 e. The molecule has 0 bridgehead atoms. The highest BCUT2D eigenvalue weighted by molar-refractivity contribution is 6.09. The molecule has 1 saturated carbocycles. The summed E-state index contributed by atoms with van der Waals surface area (Å²) in [5.41, 5.74) is 9.96. The van der Waals surface area contributed by atoms with E-state index in [9.17, 15) is 4.79 Å². The first-order valence-corrected chi connectivity index (χ1v) is 9.56. The van der Waals surface area contributed by atoms with E-state index in [4.69, 9.17) is 5.73 Å². The number of benzene rings is 2. The van der Waals surface area contributed by atoms with E-state index >= 15 is 0 Å². The van der Waals surface area contributed by atoms with Gasteiger partial charge in [0.2, 0.25) is 0 Å². The second-order valence-electron chi connectivity index (χ2n) is 7.24. The van der Waals surface area contributed by atoms with Gasteiger partial charge in [-0.2, -0.15) is 0 Å². The van der Waals surface area contributed by atoms with Gasteiger partial charge in [0.05, 0.1) is 5.69 Å². The summed E-state index contributed by atoms with van der Waals surface area (Å²) in [4.78, 5) is 18.9. The molecule has 2 N–H and O–H groups in total. The number of nitrogens with two attached hydrogens (primary N) is 1. The van der Waals surface area contributed by atoms with Crippen molar-refractivity contribution in [3.8, 4) is 0 Å². The van der Waals surface area contributed by atoms with Crippen molar-refractivity contribution < 1.29 is 4.79 Å². The first-order chi connectivity index (χ1) is 12.7. The molecule has 2 aliphatic rings. The lowest BCUT2D eigenvalue weighted by Gasteiger charge is -2.25. The van der Waals surface area contributed by atoms with Crippen LogP contribution in [0.4, 0.5) is 11.4 Å². The second-order valence-corrected chi connectivity index (χ2v) is 7.24. The minimum Gasteiger partial charge on any atom is -0.302 e. The van der Waals surface area contributed by atoms with Gasteiger partial charge in [0.15, 0.2) is 6.17 Å². The van der Waals surface area contributed by atoms with Gasteiger partial charge in [-0.15, -0.1) is 0 Å². The summed E-state index contributed by atoms with van der Waals surface area (Å²) in [6, 6.07) is 16.2. The normalized spacial score (nSPS) is 21.2. The Morgan fingerprint density at radius 1 is 0.962 bits per heavy atom. The molecule has 2 aromatic rings.